The first-order valence-corrected chi connectivity index (χ1v) is 7.22. The molecule has 0 unspecified atom stereocenters. The summed E-state index contributed by atoms with van der Waals surface area (Å²) >= 11 is 3.41. The Hall–Kier alpha value is -1.68. The molecular weight excluding hydrogens is 318 g/mol. The molecule has 0 aliphatic carbocycles. The molecule has 0 saturated heterocycles. The Balaban J connectivity index is 1.96. The third kappa shape index (κ3) is 4.17. The summed E-state index contributed by atoms with van der Waals surface area (Å²) in [6.45, 7) is 0. The molecule has 1 heterocycles. The summed E-state index contributed by atoms with van der Waals surface area (Å²) in [5.41, 5.74) is 1.86. The minimum absolute atomic E-state index is 0.187. The van der Waals surface area contributed by atoms with Crippen molar-refractivity contribution in [2.24, 2.45) is 0 Å². The molecule has 0 atom stereocenters. The first-order valence-electron chi connectivity index (χ1n) is 6.43. The molecule has 0 fully saturated rings. The maximum atomic E-state index is 12.1. The van der Waals surface area contributed by atoms with Crippen LogP contribution in [0.4, 0.5) is 0 Å². The van der Waals surface area contributed by atoms with Gasteiger partial charge in [-0.3, -0.25) is 9.78 Å². The predicted octanol–water partition coefficient (Wildman–Crippen LogP) is 3.60. The average molecular weight is 334 g/mol. The molecule has 2 rings (SSSR count). The minimum atomic E-state index is 0.187. The topological polar surface area (TPSA) is 39.2 Å². The van der Waals surface area contributed by atoms with Gasteiger partial charge in [-0.05, 0) is 36.8 Å². The fourth-order valence-corrected chi connectivity index (χ4v) is 2.41. The summed E-state index contributed by atoms with van der Waals surface area (Å²) in [5, 5.41) is 0. The van der Waals surface area contributed by atoms with Crippen LogP contribution in [0.2, 0.25) is 0 Å². The van der Waals surface area contributed by atoms with E-state index in [9.17, 15) is 4.79 Å². The lowest BCUT2D eigenvalue weighted by Crippen LogP contribution is -2.06. The molecule has 0 amide bonds. The normalized spacial score (nSPS) is 10.3. The van der Waals surface area contributed by atoms with Gasteiger partial charge in [-0.1, -0.05) is 22.0 Å². The summed E-state index contributed by atoms with van der Waals surface area (Å²) in [5.74, 6) is 0.937. The van der Waals surface area contributed by atoms with Gasteiger partial charge in [0.2, 0.25) is 0 Å². The number of hydrogen-bond donors (Lipinski definition) is 0. The number of pyridine rings is 1. The Morgan fingerprint density at radius 1 is 1.30 bits per heavy atom. The third-order valence-corrected chi connectivity index (χ3v) is 3.51. The van der Waals surface area contributed by atoms with E-state index in [2.05, 4.69) is 20.9 Å². The zero-order valence-electron chi connectivity index (χ0n) is 11.3. The van der Waals surface area contributed by atoms with Gasteiger partial charge in [0.15, 0.2) is 0 Å². The number of carbonyl (C=O) groups excluding carboxylic acids is 1. The van der Waals surface area contributed by atoms with Crippen LogP contribution >= 0.6 is 15.9 Å². The Bertz CT molecular complexity index is 584. The number of rotatable bonds is 6. The Labute approximate surface area is 127 Å². The molecule has 0 aliphatic heterocycles. The SMILES string of the molecule is COc1ccc(Br)cc1CC(=O)CCc1ccccn1. The second-order valence-electron chi connectivity index (χ2n) is 4.49. The highest BCUT2D eigenvalue weighted by molar-refractivity contribution is 9.10. The maximum Gasteiger partial charge on any atom is 0.137 e. The van der Waals surface area contributed by atoms with Crippen molar-refractivity contribution in [1.82, 2.24) is 4.98 Å². The Morgan fingerprint density at radius 2 is 2.15 bits per heavy atom. The van der Waals surface area contributed by atoms with Crippen molar-refractivity contribution in [3.8, 4) is 5.75 Å². The quantitative estimate of drug-likeness (QED) is 0.810. The van der Waals surface area contributed by atoms with E-state index in [1.165, 1.54) is 0 Å². The first kappa shape index (κ1) is 14.7. The number of Topliss-reactive ketones (excluding diaryl/α,β-unsaturated/α-hetero) is 1. The minimum Gasteiger partial charge on any atom is -0.496 e. The lowest BCUT2D eigenvalue weighted by molar-refractivity contribution is -0.118. The summed E-state index contributed by atoms with van der Waals surface area (Å²) in [6, 6.07) is 11.4. The van der Waals surface area contributed by atoms with E-state index in [1.807, 2.05) is 36.4 Å². The van der Waals surface area contributed by atoms with Crippen LogP contribution in [0, 0.1) is 0 Å². The number of halogens is 1. The number of aromatic nitrogens is 1. The molecule has 0 radical (unpaired) electrons. The van der Waals surface area contributed by atoms with Crippen LogP contribution in [0.15, 0.2) is 47.1 Å². The van der Waals surface area contributed by atoms with Gasteiger partial charge in [0.1, 0.15) is 11.5 Å². The van der Waals surface area contributed by atoms with Crippen LogP contribution in [-0.2, 0) is 17.6 Å². The highest BCUT2D eigenvalue weighted by Gasteiger charge is 2.10. The van der Waals surface area contributed by atoms with E-state index in [0.717, 1.165) is 21.5 Å². The van der Waals surface area contributed by atoms with E-state index in [1.54, 1.807) is 13.3 Å². The predicted molar refractivity (Wildman–Crippen MR) is 82.0 cm³/mol. The number of carbonyl (C=O) groups is 1. The molecule has 1 aromatic carbocycles. The Kier molecular flexibility index (Phi) is 5.30. The average Bonchev–Trinajstić information content (AvgIpc) is 2.46. The number of ketones is 1. The largest absolute Gasteiger partial charge is 0.496 e. The molecule has 0 aliphatic rings. The number of aryl methyl sites for hydroxylation is 1. The molecule has 4 heteroatoms. The lowest BCUT2D eigenvalue weighted by atomic mass is 10.0. The van der Waals surface area contributed by atoms with E-state index in [-0.39, 0.29) is 5.78 Å². The number of benzene rings is 1. The fourth-order valence-electron chi connectivity index (χ4n) is 2.00. The molecule has 20 heavy (non-hydrogen) atoms. The van der Waals surface area contributed by atoms with Crippen molar-refractivity contribution in [1.29, 1.82) is 0 Å². The van der Waals surface area contributed by atoms with Gasteiger partial charge >= 0.3 is 0 Å². The van der Waals surface area contributed by atoms with Crippen molar-refractivity contribution in [2.45, 2.75) is 19.3 Å². The molecular formula is C16H16BrNO2. The second-order valence-corrected chi connectivity index (χ2v) is 5.41. The van der Waals surface area contributed by atoms with Gasteiger partial charge in [0, 0.05) is 34.8 Å². The van der Waals surface area contributed by atoms with Crippen molar-refractivity contribution in [3.05, 3.63) is 58.3 Å². The summed E-state index contributed by atoms with van der Waals surface area (Å²) in [7, 11) is 1.62. The molecule has 1 aromatic heterocycles. The summed E-state index contributed by atoms with van der Waals surface area (Å²) < 4.78 is 6.23. The number of ether oxygens (including phenoxy) is 1. The third-order valence-electron chi connectivity index (χ3n) is 3.02. The van der Waals surface area contributed by atoms with E-state index in [0.29, 0.717) is 19.3 Å². The van der Waals surface area contributed by atoms with E-state index in [4.69, 9.17) is 4.74 Å². The zero-order valence-corrected chi connectivity index (χ0v) is 12.9. The lowest BCUT2D eigenvalue weighted by Gasteiger charge is -2.08. The molecule has 0 spiro atoms. The van der Waals surface area contributed by atoms with Crippen molar-refractivity contribution < 1.29 is 9.53 Å². The van der Waals surface area contributed by atoms with Crippen molar-refractivity contribution in [2.75, 3.05) is 7.11 Å². The van der Waals surface area contributed by atoms with Gasteiger partial charge in [-0.15, -0.1) is 0 Å². The monoisotopic (exact) mass is 333 g/mol. The van der Waals surface area contributed by atoms with Gasteiger partial charge in [-0.25, -0.2) is 0 Å². The molecule has 2 aromatic rings. The van der Waals surface area contributed by atoms with Crippen LogP contribution in [0.5, 0.6) is 5.75 Å². The molecule has 0 saturated carbocycles. The molecule has 0 bridgehead atoms. The van der Waals surface area contributed by atoms with Crippen LogP contribution in [-0.4, -0.2) is 17.9 Å². The second kappa shape index (κ2) is 7.20. The molecule has 0 N–H and O–H groups in total. The van der Waals surface area contributed by atoms with Gasteiger partial charge < -0.3 is 4.74 Å². The molecule has 104 valence electrons. The van der Waals surface area contributed by atoms with E-state index >= 15 is 0 Å². The highest BCUT2D eigenvalue weighted by Crippen LogP contribution is 2.23. The van der Waals surface area contributed by atoms with Gasteiger partial charge in [0.25, 0.3) is 0 Å². The van der Waals surface area contributed by atoms with Gasteiger partial charge in [-0.2, -0.15) is 0 Å². The fraction of sp³-hybridized carbons (Fsp3) is 0.250. The zero-order chi connectivity index (χ0) is 14.4. The molecule has 3 nitrogen and oxygen atoms in total. The van der Waals surface area contributed by atoms with Crippen molar-refractivity contribution in [3.63, 3.8) is 0 Å². The standard InChI is InChI=1S/C16H16BrNO2/c1-20-16-8-5-13(17)10-12(16)11-15(19)7-6-14-4-2-3-9-18-14/h2-5,8-10H,6-7,11H2,1H3. The Morgan fingerprint density at radius 3 is 2.85 bits per heavy atom. The smallest absolute Gasteiger partial charge is 0.137 e. The number of methoxy groups -OCH3 is 1. The van der Waals surface area contributed by atoms with Crippen LogP contribution < -0.4 is 4.74 Å². The summed E-state index contributed by atoms with van der Waals surface area (Å²) in [6.07, 6.45) is 3.30. The van der Waals surface area contributed by atoms with Crippen molar-refractivity contribution >= 4 is 21.7 Å². The van der Waals surface area contributed by atoms with Crippen LogP contribution in [0.25, 0.3) is 0 Å². The number of hydrogen-bond acceptors (Lipinski definition) is 3. The van der Waals surface area contributed by atoms with Crippen LogP contribution in [0.3, 0.4) is 0 Å². The van der Waals surface area contributed by atoms with Gasteiger partial charge in [0.05, 0.1) is 7.11 Å². The first-order chi connectivity index (χ1) is 9.69. The number of nitrogens with zero attached hydrogens (tertiary/aromatic N) is 1. The van der Waals surface area contributed by atoms with E-state index < -0.39 is 0 Å². The van der Waals surface area contributed by atoms with Crippen LogP contribution in [0.1, 0.15) is 17.7 Å². The summed E-state index contributed by atoms with van der Waals surface area (Å²) in [4.78, 5) is 16.3. The highest BCUT2D eigenvalue weighted by atomic mass is 79.9. The maximum absolute atomic E-state index is 12.1.